The van der Waals surface area contributed by atoms with E-state index in [1.54, 1.807) is 18.2 Å². The van der Waals surface area contributed by atoms with Gasteiger partial charge in [-0.15, -0.1) is 0 Å². The number of para-hydroxylation sites is 1. The molecule has 2 aromatic carbocycles. The number of phenols is 1. The maximum atomic E-state index is 12.3. The molecule has 2 aromatic rings. The van der Waals surface area contributed by atoms with E-state index >= 15 is 0 Å². The highest BCUT2D eigenvalue weighted by atomic mass is 127. The van der Waals surface area contributed by atoms with Crippen LogP contribution in [-0.4, -0.2) is 22.8 Å². The molecule has 8 heteroatoms. The molecule has 3 rings (SSSR count). The number of hydrogen-bond donors (Lipinski definition) is 2. The normalized spacial score (nSPS) is 17.0. The van der Waals surface area contributed by atoms with Crippen molar-refractivity contribution in [1.29, 1.82) is 0 Å². The second kappa shape index (κ2) is 8.45. The van der Waals surface area contributed by atoms with Crippen molar-refractivity contribution in [3.8, 4) is 11.5 Å². The molecule has 1 heterocycles. The number of rotatable bonds is 4. The summed E-state index contributed by atoms with van der Waals surface area (Å²) in [5.41, 5.74) is 1.52. The van der Waals surface area contributed by atoms with Gasteiger partial charge in [0, 0.05) is 4.47 Å². The number of nitrogens with zero attached hydrogens (tertiary/aromatic N) is 1. The molecule has 0 spiro atoms. The van der Waals surface area contributed by atoms with Crippen LogP contribution in [0.4, 0.5) is 5.69 Å². The number of nitrogens with one attached hydrogen (secondary N) is 1. The number of carbonyl (C=O) groups is 1. The third kappa shape index (κ3) is 4.41. The molecule has 1 amide bonds. The molecule has 0 bridgehead atoms. The number of ether oxygens (including phenoxy) is 1. The van der Waals surface area contributed by atoms with Crippen LogP contribution in [0.3, 0.4) is 0 Å². The van der Waals surface area contributed by atoms with Crippen LogP contribution in [0.2, 0.25) is 0 Å². The fourth-order valence-electron chi connectivity index (χ4n) is 2.23. The number of thioether (sulfide) groups is 1. The quantitative estimate of drug-likeness (QED) is 0.417. The van der Waals surface area contributed by atoms with Gasteiger partial charge in [-0.25, -0.2) is 4.99 Å². The number of carbonyl (C=O) groups excluding carboxylic acids is 1. The van der Waals surface area contributed by atoms with E-state index in [9.17, 15) is 9.90 Å². The number of phenolic OH excluding ortho intramolecular Hbond substituents is 1. The van der Waals surface area contributed by atoms with Crippen LogP contribution in [-0.2, 0) is 4.79 Å². The predicted octanol–water partition coefficient (Wildman–Crippen LogP) is 5.05. The SMILES string of the molecule is CCOc1cc(/C=C2/SC(=Nc3ccccc3Br)NC2=O)cc(I)c1O. The summed E-state index contributed by atoms with van der Waals surface area (Å²) >= 11 is 6.75. The Morgan fingerprint density at radius 2 is 2.15 bits per heavy atom. The summed E-state index contributed by atoms with van der Waals surface area (Å²) in [6, 6.07) is 11.1. The molecule has 0 aliphatic carbocycles. The Balaban J connectivity index is 1.89. The Morgan fingerprint density at radius 1 is 1.38 bits per heavy atom. The lowest BCUT2D eigenvalue weighted by molar-refractivity contribution is -0.115. The number of hydrogen-bond acceptors (Lipinski definition) is 5. The summed E-state index contributed by atoms with van der Waals surface area (Å²) in [6.07, 6.45) is 1.76. The number of aliphatic imine (C=N–C) groups is 1. The van der Waals surface area contributed by atoms with Crippen molar-refractivity contribution in [1.82, 2.24) is 5.32 Å². The van der Waals surface area contributed by atoms with Crippen molar-refractivity contribution in [3.63, 3.8) is 0 Å². The number of halogens is 2. The number of amides is 1. The van der Waals surface area contributed by atoms with Crippen LogP contribution in [0, 0.1) is 3.57 Å². The maximum Gasteiger partial charge on any atom is 0.264 e. The van der Waals surface area contributed by atoms with Crippen LogP contribution in [0.15, 0.2) is 50.8 Å². The van der Waals surface area contributed by atoms with Gasteiger partial charge in [0.25, 0.3) is 5.91 Å². The average molecular weight is 545 g/mol. The first-order valence-electron chi connectivity index (χ1n) is 7.67. The Kier molecular flexibility index (Phi) is 6.25. The molecule has 1 saturated heterocycles. The van der Waals surface area contributed by atoms with E-state index in [1.165, 1.54) is 11.8 Å². The second-order valence-electron chi connectivity index (χ2n) is 5.22. The summed E-state index contributed by atoms with van der Waals surface area (Å²) in [7, 11) is 0. The summed E-state index contributed by atoms with van der Waals surface area (Å²) < 4.78 is 6.96. The molecule has 134 valence electrons. The standard InChI is InChI=1S/C18H14BrIN2O3S/c1-2-25-14-8-10(7-12(20)16(14)23)9-15-17(24)22-18(26-15)21-13-6-4-3-5-11(13)19/h3-9,23H,2H2,1H3,(H,21,22,24)/b15-9+. The lowest BCUT2D eigenvalue weighted by Gasteiger charge is -2.08. The molecule has 0 saturated carbocycles. The zero-order valence-corrected chi connectivity index (χ0v) is 18.2. The summed E-state index contributed by atoms with van der Waals surface area (Å²) in [5, 5.41) is 13.3. The predicted molar refractivity (Wildman–Crippen MR) is 117 cm³/mol. The first kappa shape index (κ1) is 19.2. The third-order valence-corrected chi connectivity index (χ3v) is 5.78. The van der Waals surface area contributed by atoms with Gasteiger partial charge in [-0.1, -0.05) is 12.1 Å². The van der Waals surface area contributed by atoms with Gasteiger partial charge >= 0.3 is 0 Å². The number of aromatic hydroxyl groups is 1. The van der Waals surface area contributed by atoms with Gasteiger partial charge in [0.05, 0.1) is 20.8 Å². The van der Waals surface area contributed by atoms with Gasteiger partial charge in [0.1, 0.15) is 0 Å². The molecular weight excluding hydrogens is 531 g/mol. The second-order valence-corrected chi connectivity index (χ2v) is 8.26. The van der Waals surface area contributed by atoms with Gasteiger partial charge in [0.2, 0.25) is 0 Å². The van der Waals surface area contributed by atoms with Crippen molar-refractivity contribution in [2.45, 2.75) is 6.92 Å². The highest BCUT2D eigenvalue weighted by molar-refractivity contribution is 14.1. The molecule has 26 heavy (non-hydrogen) atoms. The topological polar surface area (TPSA) is 70.9 Å². The van der Waals surface area contributed by atoms with Crippen molar-refractivity contribution in [3.05, 3.63) is 54.9 Å². The first-order valence-corrected chi connectivity index (χ1v) is 10.4. The highest BCUT2D eigenvalue weighted by Gasteiger charge is 2.24. The zero-order valence-electron chi connectivity index (χ0n) is 13.6. The largest absolute Gasteiger partial charge is 0.504 e. The van der Waals surface area contributed by atoms with E-state index in [0.717, 1.165) is 15.7 Å². The van der Waals surface area contributed by atoms with Gasteiger partial charge in [-0.05, 0) is 93.1 Å². The Labute approximate surface area is 177 Å². The van der Waals surface area contributed by atoms with Crippen LogP contribution in [0.5, 0.6) is 11.5 Å². The average Bonchev–Trinajstić information content (AvgIpc) is 2.94. The van der Waals surface area contributed by atoms with Crippen molar-refractivity contribution in [2.75, 3.05) is 6.61 Å². The fraction of sp³-hybridized carbons (Fsp3) is 0.111. The minimum Gasteiger partial charge on any atom is -0.504 e. The van der Waals surface area contributed by atoms with E-state index < -0.39 is 0 Å². The van der Waals surface area contributed by atoms with Crippen LogP contribution >= 0.6 is 50.3 Å². The van der Waals surface area contributed by atoms with Crippen LogP contribution in [0.25, 0.3) is 6.08 Å². The lowest BCUT2D eigenvalue weighted by Crippen LogP contribution is -2.19. The molecular formula is C18H14BrIN2O3S. The summed E-state index contributed by atoms with van der Waals surface area (Å²) in [4.78, 5) is 17.3. The van der Waals surface area contributed by atoms with E-state index in [1.807, 2.05) is 53.8 Å². The first-order chi connectivity index (χ1) is 12.5. The van der Waals surface area contributed by atoms with Crippen molar-refractivity contribution in [2.24, 2.45) is 4.99 Å². The zero-order chi connectivity index (χ0) is 18.7. The summed E-state index contributed by atoms with van der Waals surface area (Å²) in [6.45, 7) is 2.30. The van der Waals surface area contributed by atoms with Gasteiger partial charge in [0.15, 0.2) is 16.7 Å². The Hall–Kier alpha value is -1.52. The summed E-state index contributed by atoms with van der Waals surface area (Å²) in [5.74, 6) is 0.299. The van der Waals surface area contributed by atoms with Crippen molar-refractivity contribution < 1.29 is 14.6 Å². The van der Waals surface area contributed by atoms with E-state index in [-0.39, 0.29) is 11.7 Å². The molecule has 0 atom stereocenters. The molecule has 1 aliphatic rings. The van der Waals surface area contributed by atoms with E-state index in [4.69, 9.17) is 4.74 Å². The molecule has 0 aromatic heterocycles. The lowest BCUT2D eigenvalue weighted by atomic mass is 10.2. The van der Waals surface area contributed by atoms with Gasteiger partial charge < -0.3 is 15.2 Å². The maximum absolute atomic E-state index is 12.3. The minimum absolute atomic E-state index is 0.106. The molecule has 1 fully saturated rings. The third-order valence-electron chi connectivity index (χ3n) is 3.37. The number of benzene rings is 2. The van der Waals surface area contributed by atoms with E-state index in [2.05, 4.69) is 26.2 Å². The van der Waals surface area contributed by atoms with Gasteiger partial charge in [-0.2, -0.15) is 0 Å². The fourth-order valence-corrected chi connectivity index (χ4v) is 4.06. The molecule has 2 N–H and O–H groups in total. The van der Waals surface area contributed by atoms with E-state index in [0.29, 0.717) is 26.0 Å². The smallest absolute Gasteiger partial charge is 0.264 e. The monoisotopic (exact) mass is 544 g/mol. The molecule has 0 unspecified atom stereocenters. The van der Waals surface area contributed by atoms with Crippen molar-refractivity contribution >= 4 is 73.1 Å². The van der Waals surface area contributed by atoms with Crippen LogP contribution in [0.1, 0.15) is 12.5 Å². The van der Waals surface area contributed by atoms with Crippen LogP contribution < -0.4 is 10.1 Å². The highest BCUT2D eigenvalue weighted by Crippen LogP contribution is 2.35. The molecule has 1 aliphatic heterocycles. The molecule has 5 nitrogen and oxygen atoms in total. The molecule has 0 radical (unpaired) electrons. The minimum atomic E-state index is -0.207. The Bertz CT molecular complexity index is 931. The Morgan fingerprint density at radius 3 is 2.88 bits per heavy atom. The van der Waals surface area contributed by atoms with Gasteiger partial charge in [-0.3, -0.25) is 4.79 Å². The number of amidine groups is 1.